The Morgan fingerprint density at radius 1 is 1.56 bits per heavy atom. The number of hydrogen-bond acceptors (Lipinski definition) is 3. The Balaban J connectivity index is 0.00000225. The van der Waals surface area contributed by atoms with E-state index in [1.807, 2.05) is 0 Å². The lowest BCUT2D eigenvalue weighted by Gasteiger charge is -2.11. The van der Waals surface area contributed by atoms with Crippen LogP contribution in [-0.4, -0.2) is 13.1 Å². The van der Waals surface area contributed by atoms with Gasteiger partial charge < -0.3 is 10.5 Å². The Kier molecular flexibility index (Phi) is 6.00. The van der Waals surface area contributed by atoms with Crippen LogP contribution in [0.25, 0.3) is 0 Å². The van der Waals surface area contributed by atoms with E-state index in [4.69, 9.17) is 5.73 Å². The van der Waals surface area contributed by atoms with E-state index in [1.165, 1.54) is 13.2 Å². The predicted molar refractivity (Wildman–Crippen MR) is 61.9 cm³/mol. The van der Waals surface area contributed by atoms with Crippen LogP contribution in [0.15, 0.2) is 18.2 Å². The highest BCUT2D eigenvalue weighted by Crippen LogP contribution is 2.17. The maximum Gasteiger partial charge on any atom is 0.307 e. The van der Waals surface area contributed by atoms with Crippen LogP contribution < -0.4 is 5.73 Å². The summed E-state index contributed by atoms with van der Waals surface area (Å²) in [5.41, 5.74) is 6.88. The molecule has 0 unspecified atom stereocenters. The minimum atomic E-state index is -0.521. The summed E-state index contributed by atoms with van der Waals surface area (Å²) in [4.78, 5) is 11.0. The fourth-order valence-corrected chi connectivity index (χ4v) is 1.22. The Morgan fingerprint density at radius 2 is 2.19 bits per heavy atom. The van der Waals surface area contributed by atoms with E-state index >= 15 is 0 Å². The Labute approximate surface area is 100 Å². The zero-order chi connectivity index (χ0) is 11.4. The molecule has 0 aliphatic rings. The zero-order valence-corrected chi connectivity index (χ0v) is 10.0. The van der Waals surface area contributed by atoms with Gasteiger partial charge in [-0.2, -0.15) is 0 Å². The Bertz CT molecular complexity index is 371. The minimum absolute atomic E-state index is 0. The quantitative estimate of drug-likeness (QED) is 0.833. The zero-order valence-electron chi connectivity index (χ0n) is 9.20. The van der Waals surface area contributed by atoms with Crippen LogP contribution in [0.1, 0.15) is 23.6 Å². The van der Waals surface area contributed by atoms with E-state index in [2.05, 4.69) is 4.74 Å². The molecule has 0 aromatic heterocycles. The molecule has 0 radical (unpaired) electrons. The van der Waals surface area contributed by atoms with Crippen LogP contribution in [0.3, 0.4) is 0 Å². The molecule has 0 heterocycles. The van der Waals surface area contributed by atoms with Gasteiger partial charge in [0.2, 0.25) is 0 Å². The molecular formula is C11H15ClFNO2. The molecule has 0 aliphatic heterocycles. The number of carbonyl (C=O) groups excluding carboxylic acids is 1. The molecule has 0 bridgehead atoms. The van der Waals surface area contributed by atoms with Gasteiger partial charge in [0, 0.05) is 6.04 Å². The van der Waals surface area contributed by atoms with E-state index in [9.17, 15) is 9.18 Å². The predicted octanol–water partition coefficient (Wildman–Crippen LogP) is 2.12. The van der Waals surface area contributed by atoms with Crippen molar-refractivity contribution in [2.75, 3.05) is 7.11 Å². The Hall–Kier alpha value is -1.13. The van der Waals surface area contributed by atoms with Crippen molar-refractivity contribution in [3.63, 3.8) is 0 Å². The lowest BCUT2D eigenvalue weighted by atomic mass is 10.0. The standard InChI is InChI=1S/C11H14FNO2.ClH/c1-7-3-4-8(5-9(7)12)10(13)6-11(14)15-2;/h3-5,10H,6,13H2,1-2H3;1H/t10-;/m0./s1. The fourth-order valence-electron chi connectivity index (χ4n) is 1.22. The number of aryl methyl sites for hydroxylation is 1. The molecule has 5 heteroatoms. The van der Waals surface area contributed by atoms with Gasteiger partial charge in [-0.25, -0.2) is 4.39 Å². The second kappa shape index (κ2) is 6.45. The van der Waals surface area contributed by atoms with Crippen molar-refractivity contribution in [3.05, 3.63) is 35.1 Å². The van der Waals surface area contributed by atoms with Crippen molar-refractivity contribution in [1.82, 2.24) is 0 Å². The first kappa shape index (κ1) is 14.9. The number of ether oxygens (including phenoxy) is 1. The molecule has 0 saturated heterocycles. The van der Waals surface area contributed by atoms with E-state index < -0.39 is 12.0 Å². The number of nitrogens with two attached hydrogens (primary N) is 1. The van der Waals surface area contributed by atoms with Gasteiger partial charge in [-0.1, -0.05) is 12.1 Å². The summed E-state index contributed by atoms with van der Waals surface area (Å²) in [6.07, 6.45) is 0.0546. The molecule has 1 rings (SSSR count). The smallest absolute Gasteiger partial charge is 0.307 e. The normalized spacial score (nSPS) is 11.5. The van der Waals surface area contributed by atoms with E-state index in [0.29, 0.717) is 11.1 Å². The third-order valence-corrected chi connectivity index (χ3v) is 2.24. The molecule has 2 N–H and O–H groups in total. The third-order valence-electron chi connectivity index (χ3n) is 2.24. The topological polar surface area (TPSA) is 52.3 Å². The van der Waals surface area contributed by atoms with E-state index in [0.717, 1.165) is 0 Å². The van der Waals surface area contributed by atoms with Crippen molar-refractivity contribution in [1.29, 1.82) is 0 Å². The SMILES string of the molecule is COC(=O)C[C@H](N)c1ccc(C)c(F)c1.Cl. The molecule has 0 saturated carbocycles. The van der Waals surface area contributed by atoms with Crippen LogP contribution >= 0.6 is 12.4 Å². The van der Waals surface area contributed by atoms with Gasteiger partial charge in [0.1, 0.15) is 5.82 Å². The molecule has 90 valence electrons. The molecule has 16 heavy (non-hydrogen) atoms. The average Bonchev–Trinajstić information content (AvgIpc) is 2.21. The van der Waals surface area contributed by atoms with Gasteiger partial charge in [0.15, 0.2) is 0 Å². The van der Waals surface area contributed by atoms with Crippen LogP contribution in [0, 0.1) is 12.7 Å². The highest BCUT2D eigenvalue weighted by Gasteiger charge is 2.12. The van der Waals surface area contributed by atoms with Gasteiger partial charge in [-0.05, 0) is 24.1 Å². The lowest BCUT2D eigenvalue weighted by molar-refractivity contribution is -0.141. The highest BCUT2D eigenvalue weighted by atomic mass is 35.5. The number of methoxy groups -OCH3 is 1. The van der Waals surface area contributed by atoms with Crippen molar-refractivity contribution in [2.24, 2.45) is 5.73 Å². The van der Waals surface area contributed by atoms with Gasteiger partial charge in [0.25, 0.3) is 0 Å². The summed E-state index contributed by atoms with van der Waals surface area (Å²) in [6.45, 7) is 1.67. The molecule has 1 atom stereocenters. The molecule has 0 aliphatic carbocycles. The molecule has 0 spiro atoms. The average molecular weight is 248 g/mol. The molecule has 0 fully saturated rings. The molecule has 1 aromatic rings. The van der Waals surface area contributed by atoms with E-state index in [1.54, 1.807) is 19.1 Å². The minimum Gasteiger partial charge on any atom is -0.469 e. The van der Waals surface area contributed by atoms with Crippen molar-refractivity contribution < 1.29 is 13.9 Å². The van der Waals surface area contributed by atoms with Gasteiger partial charge >= 0.3 is 5.97 Å². The second-order valence-electron chi connectivity index (χ2n) is 3.40. The number of hydrogen-bond donors (Lipinski definition) is 1. The summed E-state index contributed by atoms with van der Waals surface area (Å²) < 4.78 is 17.7. The van der Waals surface area contributed by atoms with Gasteiger partial charge in [-0.15, -0.1) is 12.4 Å². The van der Waals surface area contributed by atoms with Crippen LogP contribution in [0.5, 0.6) is 0 Å². The number of rotatable bonds is 3. The maximum atomic E-state index is 13.2. The lowest BCUT2D eigenvalue weighted by Crippen LogP contribution is -2.16. The van der Waals surface area contributed by atoms with Crippen LogP contribution in [0.4, 0.5) is 4.39 Å². The van der Waals surface area contributed by atoms with E-state index in [-0.39, 0.29) is 24.6 Å². The van der Waals surface area contributed by atoms with Gasteiger partial charge in [0.05, 0.1) is 13.5 Å². The first-order valence-electron chi connectivity index (χ1n) is 4.63. The molecule has 1 aromatic carbocycles. The van der Waals surface area contributed by atoms with Crippen molar-refractivity contribution >= 4 is 18.4 Å². The maximum absolute atomic E-state index is 13.2. The van der Waals surface area contributed by atoms with Crippen molar-refractivity contribution in [2.45, 2.75) is 19.4 Å². The monoisotopic (exact) mass is 247 g/mol. The largest absolute Gasteiger partial charge is 0.469 e. The molecule has 3 nitrogen and oxygen atoms in total. The Morgan fingerprint density at radius 3 is 2.69 bits per heavy atom. The van der Waals surface area contributed by atoms with Gasteiger partial charge in [-0.3, -0.25) is 4.79 Å². The summed E-state index contributed by atoms with van der Waals surface area (Å²) in [5.74, 6) is -0.712. The fraction of sp³-hybridized carbons (Fsp3) is 0.364. The van der Waals surface area contributed by atoms with Crippen LogP contribution in [-0.2, 0) is 9.53 Å². The summed E-state index contributed by atoms with van der Waals surface area (Å²) in [5, 5.41) is 0. The van der Waals surface area contributed by atoms with Crippen molar-refractivity contribution in [3.8, 4) is 0 Å². The number of halogens is 2. The summed E-state index contributed by atoms with van der Waals surface area (Å²) in [6, 6.07) is 4.18. The third kappa shape index (κ3) is 3.79. The first-order chi connectivity index (χ1) is 7.04. The molecule has 0 amide bonds. The van der Waals surface area contributed by atoms with Crippen LogP contribution in [0.2, 0.25) is 0 Å². The summed E-state index contributed by atoms with van der Waals surface area (Å²) in [7, 11) is 1.30. The number of esters is 1. The number of carbonyl (C=O) groups is 1. The highest BCUT2D eigenvalue weighted by molar-refractivity contribution is 5.85. The first-order valence-corrected chi connectivity index (χ1v) is 4.63. The molecular weight excluding hydrogens is 233 g/mol. The second-order valence-corrected chi connectivity index (χ2v) is 3.40. The number of benzene rings is 1. The summed E-state index contributed by atoms with van der Waals surface area (Å²) >= 11 is 0.